The molecule has 0 spiro atoms. The molecule has 3 nitrogen and oxygen atoms in total. The molecule has 1 heterocycles. The molecule has 2 N–H and O–H groups in total. The monoisotopic (exact) mass is 294 g/mol. The number of aliphatic carboxylic acids is 1. The Balaban J connectivity index is 2.37. The highest BCUT2D eigenvalue weighted by molar-refractivity contribution is 8.00. The van der Waals surface area contributed by atoms with Crippen LogP contribution in [-0.4, -0.2) is 20.9 Å². The topological polar surface area (TPSA) is 57.5 Å². The van der Waals surface area contributed by atoms with Crippen molar-refractivity contribution >= 4 is 17.7 Å². The Morgan fingerprint density at radius 1 is 1.25 bits per heavy atom. The predicted molar refractivity (Wildman–Crippen MR) is 81.8 cm³/mol. The Hall–Kier alpha value is -1.16. The van der Waals surface area contributed by atoms with E-state index in [1.165, 1.54) is 10.5 Å². The van der Waals surface area contributed by atoms with Gasteiger partial charge >= 0.3 is 5.97 Å². The third-order valence-corrected chi connectivity index (χ3v) is 6.12. The van der Waals surface area contributed by atoms with Crippen LogP contribution in [0.25, 0.3) is 0 Å². The van der Waals surface area contributed by atoms with Gasteiger partial charge in [-0.25, -0.2) is 0 Å². The second-order valence-electron chi connectivity index (χ2n) is 5.98. The van der Waals surface area contributed by atoms with Gasteiger partial charge in [0.2, 0.25) is 0 Å². The molecule has 4 heteroatoms. The quantitative estimate of drug-likeness (QED) is 0.885. The summed E-state index contributed by atoms with van der Waals surface area (Å²) in [6.45, 7) is 8.12. The number of thioether (sulfide) groups is 1. The molecule has 0 saturated heterocycles. The molecule has 110 valence electrons. The molecule has 1 aromatic carbocycles. The molecule has 1 atom stereocenters. The standard InChI is InChI=1S/C16H22O3S/c1-9-10(2)15-12(11(3)14(9)19)5-7-16(4,20-15)8-6-13(17)18/h19H,5-8H2,1-4H3,(H,17,18). The number of rotatable bonds is 3. The lowest BCUT2D eigenvalue weighted by atomic mass is 9.90. The zero-order chi connectivity index (χ0) is 15.1. The molecule has 1 unspecified atom stereocenters. The van der Waals surface area contributed by atoms with Crippen LogP contribution in [-0.2, 0) is 11.2 Å². The summed E-state index contributed by atoms with van der Waals surface area (Å²) in [6, 6.07) is 0. The summed E-state index contributed by atoms with van der Waals surface area (Å²) in [6.07, 6.45) is 2.78. The number of carboxylic acid groups (broad SMARTS) is 1. The average molecular weight is 294 g/mol. The van der Waals surface area contributed by atoms with Crippen molar-refractivity contribution in [2.75, 3.05) is 0 Å². The van der Waals surface area contributed by atoms with Crippen LogP contribution in [0.4, 0.5) is 0 Å². The molecule has 1 aliphatic heterocycles. The van der Waals surface area contributed by atoms with Gasteiger partial charge < -0.3 is 10.2 Å². The molecule has 0 aliphatic carbocycles. The Morgan fingerprint density at radius 2 is 1.90 bits per heavy atom. The summed E-state index contributed by atoms with van der Waals surface area (Å²) >= 11 is 1.79. The molecule has 0 saturated carbocycles. The van der Waals surface area contributed by atoms with Gasteiger partial charge in [0, 0.05) is 16.1 Å². The molecule has 20 heavy (non-hydrogen) atoms. The van der Waals surface area contributed by atoms with E-state index in [0.717, 1.165) is 29.5 Å². The predicted octanol–water partition coefficient (Wildman–Crippen LogP) is 3.98. The van der Waals surface area contributed by atoms with Crippen LogP contribution in [0.15, 0.2) is 4.90 Å². The molecule has 0 bridgehead atoms. The first-order valence-electron chi connectivity index (χ1n) is 6.97. The van der Waals surface area contributed by atoms with Gasteiger partial charge in [0.05, 0.1) is 0 Å². The van der Waals surface area contributed by atoms with E-state index in [4.69, 9.17) is 5.11 Å². The zero-order valence-electron chi connectivity index (χ0n) is 12.5. The fourth-order valence-corrected chi connectivity index (χ4v) is 4.43. The first-order valence-corrected chi connectivity index (χ1v) is 7.79. The van der Waals surface area contributed by atoms with Gasteiger partial charge in [-0.05, 0) is 62.3 Å². The average Bonchev–Trinajstić information content (AvgIpc) is 2.41. The Morgan fingerprint density at radius 3 is 2.50 bits per heavy atom. The van der Waals surface area contributed by atoms with Gasteiger partial charge in [-0.1, -0.05) is 6.92 Å². The molecular weight excluding hydrogens is 272 g/mol. The minimum Gasteiger partial charge on any atom is -0.507 e. The van der Waals surface area contributed by atoms with E-state index in [2.05, 4.69) is 6.92 Å². The van der Waals surface area contributed by atoms with Crippen molar-refractivity contribution < 1.29 is 15.0 Å². The maximum Gasteiger partial charge on any atom is 0.303 e. The molecule has 1 aliphatic rings. The second-order valence-corrected chi connectivity index (χ2v) is 7.57. The smallest absolute Gasteiger partial charge is 0.303 e. The molecule has 0 aromatic heterocycles. The van der Waals surface area contributed by atoms with Gasteiger partial charge in [0.15, 0.2) is 0 Å². The van der Waals surface area contributed by atoms with Crippen molar-refractivity contribution in [3.63, 3.8) is 0 Å². The van der Waals surface area contributed by atoms with Crippen LogP contribution in [0, 0.1) is 20.8 Å². The largest absolute Gasteiger partial charge is 0.507 e. The van der Waals surface area contributed by atoms with Gasteiger partial charge in [-0.2, -0.15) is 0 Å². The van der Waals surface area contributed by atoms with Crippen LogP contribution in [0.1, 0.15) is 48.4 Å². The summed E-state index contributed by atoms with van der Waals surface area (Å²) in [5.74, 6) is -0.316. The third kappa shape index (κ3) is 2.66. The SMILES string of the molecule is Cc1c(C)c2c(c(C)c1O)CCC(C)(CCC(=O)O)S2. The molecule has 0 radical (unpaired) electrons. The lowest BCUT2D eigenvalue weighted by Crippen LogP contribution is -2.26. The van der Waals surface area contributed by atoms with Crippen LogP contribution < -0.4 is 0 Å². The van der Waals surface area contributed by atoms with E-state index in [9.17, 15) is 9.90 Å². The molecule has 0 amide bonds. The lowest BCUT2D eigenvalue weighted by Gasteiger charge is -2.36. The first kappa shape index (κ1) is 15.2. The van der Waals surface area contributed by atoms with E-state index in [1.54, 1.807) is 11.8 Å². The molecular formula is C16H22O3S. The number of carbonyl (C=O) groups is 1. The summed E-state index contributed by atoms with van der Waals surface area (Å²) in [5, 5.41) is 19.1. The summed E-state index contributed by atoms with van der Waals surface area (Å²) < 4.78 is -0.0218. The number of hydrogen-bond acceptors (Lipinski definition) is 3. The van der Waals surface area contributed by atoms with Crippen molar-refractivity contribution in [2.24, 2.45) is 0 Å². The van der Waals surface area contributed by atoms with E-state index < -0.39 is 5.97 Å². The fourth-order valence-electron chi connectivity index (χ4n) is 2.84. The van der Waals surface area contributed by atoms with Gasteiger partial charge in [0.1, 0.15) is 5.75 Å². The Labute approximate surface area is 124 Å². The number of aromatic hydroxyl groups is 1. The highest BCUT2D eigenvalue weighted by Gasteiger charge is 2.33. The maximum absolute atomic E-state index is 10.8. The highest BCUT2D eigenvalue weighted by Crippen LogP contribution is 2.50. The number of hydrogen-bond donors (Lipinski definition) is 2. The third-order valence-electron chi connectivity index (χ3n) is 4.46. The van der Waals surface area contributed by atoms with Crippen molar-refractivity contribution in [2.45, 2.75) is 63.0 Å². The minimum absolute atomic E-state index is 0.0218. The molecule has 0 fully saturated rings. The number of benzene rings is 1. The molecule has 2 rings (SSSR count). The number of fused-ring (bicyclic) bond motifs is 1. The second kappa shape index (κ2) is 5.32. The van der Waals surface area contributed by atoms with Crippen molar-refractivity contribution in [1.82, 2.24) is 0 Å². The number of phenols is 1. The number of carboxylic acids is 1. The normalized spacial score (nSPS) is 21.6. The van der Waals surface area contributed by atoms with Gasteiger partial charge in [-0.15, -0.1) is 11.8 Å². The van der Waals surface area contributed by atoms with Crippen molar-refractivity contribution in [3.8, 4) is 5.75 Å². The zero-order valence-corrected chi connectivity index (χ0v) is 13.4. The van der Waals surface area contributed by atoms with Crippen molar-refractivity contribution in [1.29, 1.82) is 0 Å². The fraction of sp³-hybridized carbons (Fsp3) is 0.562. The van der Waals surface area contributed by atoms with Crippen LogP contribution >= 0.6 is 11.8 Å². The van der Waals surface area contributed by atoms with E-state index in [-0.39, 0.29) is 11.2 Å². The van der Waals surface area contributed by atoms with Gasteiger partial charge in [-0.3, -0.25) is 4.79 Å². The van der Waals surface area contributed by atoms with Gasteiger partial charge in [0.25, 0.3) is 0 Å². The molecule has 1 aromatic rings. The van der Waals surface area contributed by atoms with E-state index in [1.807, 2.05) is 20.8 Å². The maximum atomic E-state index is 10.8. The van der Waals surface area contributed by atoms with Crippen molar-refractivity contribution in [3.05, 3.63) is 22.3 Å². The van der Waals surface area contributed by atoms with Crippen LogP contribution in [0.5, 0.6) is 5.75 Å². The van der Waals surface area contributed by atoms with E-state index in [0.29, 0.717) is 12.2 Å². The summed E-state index contributed by atoms with van der Waals surface area (Å²) in [5.41, 5.74) is 4.30. The Bertz CT molecular complexity index is 566. The minimum atomic E-state index is -0.729. The Kier molecular flexibility index (Phi) is 4.05. The van der Waals surface area contributed by atoms with Crippen LogP contribution in [0.3, 0.4) is 0 Å². The van der Waals surface area contributed by atoms with Crippen LogP contribution in [0.2, 0.25) is 0 Å². The first-order chi connectivity index (χ1) is 9.25. The summed E-state index contributed by atoms with van der Waals surface area (Å²) in [7, 11) is 0. The lowest BCUT2D eigenvalue weighted by molar-refractivity contribution is -0.137. The highest BCUT2D eigenvalue weighted by atomic mass is 32.2. The summed E-state index contributed by atoms with van der Waals surface area (Å²) in [4.78, 5) is 12.1. The number of phenolic OH excluding ortho intramolecular Hbond substituents is 1. The van der Waals surface area contributed by atoms with E-state index >= 15 is 0 Å².